The van der Waals surface area contributed by atoms with E-state index in [1.54, 1.807) is 6.07 Å². The van der Waals surface area contributed by atoms with E-state index < -0.39 is 6.10 Å². The lowest BCUT2D eigenvalue weighted by atomic mass is 10.0. The smallest absolute Gasteiger partial charge is 0.198 e. The SMILES string of the molecule is OC(Cc1ccc2ccccc2c1)c1ccoc1Cl. The second-order valence-electron chi connectivity index (χ2n) is 4.55. The Morgan fingerprint density at radius 2 is 1.84 bits per heavy atom. The van der Waals surface area contributed by atoms with Gasteiger partial charge in [0.2, 0.25) is 0 Å². The van der Waals surface area contributed by atoms with Crippen LogP contribution in [0.1, 0.15) is 17.2 Å². The zero-order valence-electron chi connectivity index (χ0n) is 10.2. The molecule has 0 bridgehead atoms. The zero-order chi connectivity index (χ0) is 13.2. The number of fused-ring (bicyclic) bond motifs is 1. The number of rotatable bonds is 3. The normalized spacial score (nSPS) is 12.7. The van der Waals surface area contributed by atoms with Gasteiger partial charge in [0.15, 0.2) is 5.22 Å². The lowest BCUT2D eigenvalue weighted by Gasteiger charge is -2.10. The summed E-state index contributed by atoms with van der Waals surface area (Å²) in [7, 11) is 0. The minimum absolute atomic E-state index is 0.258. The van der Waals surface area contributed by atoms with Gasteiger partial charge >= 0.3 is 0 Å². The van der Waals surface area contributed by atoms with E-state index >= 15 is 0 Å². The van der Waals surface area contributed by atoms with Gasteiger partial charge in [0.25, 0.3) is 0 Å². The van der Waals surface area contributed by atoms with Gasteiger partial charge in [-0.3, -0.25) is 0 Å². The molecule has 0 spiro atoms. The molecule has 0 amide bonds. The molecule has 0 saturated heterocycles. The van der Waals surface area contributed by atoms with Crippen LogP contribution in [-0.4, -0.2) is 5.11 Å². The summed E-state index contributed by atoms with van der Waals surface area (Å²) in [5, 5.41) is 12.8. The van der Waals surface area contributed by atoms with Gasteiger partial charge in [-0.25, -0.2) is 0 Å². The van der Waals surface area contributed by atoms with E-state index in [1.807, 2.05) is 18.2 Å². The third kappa shape index (κ3) is 2.50. The van der Waals surface area contributed by atoms with Gasteiger partial charge in [-0.1, -0.05) is 42.5 Å². The molecule has 1 heterocycles. The van der Waals surface area contributed by atoms with E-state index in [9.17, 15) is 5.11 Å². The van der Waals surface area contributed by atoms with Crippen LogP contribution in [0.3, 0.4) is 0 Å². The Morgan fingerprint density at radius 1 is 1.05 bits per heavy atom. The summed E-state index contributed by atoms with van der Waals surface area (Å²) in [5.41, 5.74) is 1.71. The van der Waals surface area contributed by atoms with E-state index in [0.29, 0.717) is 12.0 Å². The first-order valence-corrected chi connectivity index (χ1v) is 6.50. The highest BCUT2D eigenvalue weighted by Gasteiger charge is 2.14. The summed E-state index contributed by atoms with van der Waals surface area (Å²) in [4.78, 5) is 0. The Labute approximate surface area is 116 Å². The lowest BCUT2D eigenvalue weighted by Crippen LogP contribution is -2.01. The van der Waals surface area contributed by atoms with Crippen LogP contribution < -0.4 is 0 Å². The van der Waals surface area contributed by atoms with Crippen molar-refractivity contribution in [1.29, 1.82) is 0 Å². The van der Waals surface area contributed by atoms with E-state index in [2.05, 4.69) is 24.3 Å². The number of hydrogen-bond donors (Lipinski definition) is 1. The fraction of sp³-hybridized carbons (Fsp3) is 0.125. The largest absolute Gasteiger partial charge is 0.453 e. The van der Waals surface area contributed by atoms with Gasteiger partial charge in [-0.2, -0.15) is 0 Å². The van der Waals surface area contributed by atoms with E-state index in [-0.39, 0.29) is 5.22 Å². The molecule has 0 fully saturated rings. The summed E-state index contributed by atoms with van der Waals surface area (Å²) in [5.74, 6) is 0. The standard InChI is InChI=1S/C16H13ClO2/c17-16-14(7-8-19-16)15(18)10-11-5-6-12-3-1-2-4-13(12)9-11/h1-9,15,18H,10H2. The quantitative estimate of drug-likeness (QED) is 0.768. The van der Waals surface area contributed by atoms with Crippen molar-refractivity contribution in [2.45, 2.75) is 12.5 Å². The van der Waals surface area contributed by atoms with Crippen LogP contribution in [-0.2, 0) is 6.42 Å². The molecule has 0 aliphatic rings. The van der Waals surface area contributed by atoms with Gasteiger partial charge < -0.3 is 9.52 Å². The average molecular weight is 273 g/mol. The monoisotopic (exact) mass is 272 g/mol. The maximum absolute atomic E-state index is 10.2. The molecule has 0 aliphatic carbocycles. The van der Waals surface area contributed by atoms with Crippen LogP contribution in [0, 0.1) is 0 Å². The molecule has 2 nitrogen and oxygen atoms in total. The topological polar surface area (TPSA) is 33.4 Å². The first-order chi connectivity index (χ1) is 9.24. The van der Waals surface area contributed by atoms with Crippen molar-refractivity contribution in [3.05, 3.63) is 71.1 Å². The van der Waals surface area contributed by atoms with Crippen molar-refractivity contribution >= 4 is 22.4 Å². The molecule has 3 rings (SSSR count). The fourth-order valence-corrected chi connectivity index (χ4v) is 2.48. The maximum Gasteiger partial charge on any atom is 0.198 e. The Morgan fingerprint density at radius 3 is 2.58 bits per heavy atom. The molecule has 1 unspecified atom stereocenters. The molecule has 19 heavy (non-hydrogen) atoms. The van der Waals surface area contributed by atoms with Gasteiger partial charge in [0.1, 0.15) is 0 Å². The molecule has 3 heteroatoms. The maximum atomic E-state index is 10.2. The summed E-state index contributed by atoms with van der Waals surface area (Å²) in [6.07, 6.45) is 1.36. The Bertz CT molecular complexity index is 703. The van der Waals surface area contributed by atoms with Crippen LogP contribution >= 0.6 is 11.6 Å². The van der Waals surface area contributed by atoms with Crippen molar-refractivity contribution in [3.63, 3.8) is 0 Å². The third-order valence-corrected chi connectivity index (χ3v) is 3.56. The van der Waals surface area contributed by atoms with Crippen LogP contribution in [0.5, 0.6) is 0 Å². The van der Waals surface area contributed by atoms with Crippen molar-refractivity contribution in [2.24, 2.45) is 0 Å². The second-order valence-corrected chi connectivity index (χ2v) is 4.89. The Balaban J connectivity index is 1.87. The van der Waals surface area contributed by atoms with Crippen LogP contribution in [0.15, 0.2) is 59.2 Å². The predicted octanol–water partition coefficient (Wildman–Crippen LogP) is 4.36. The van der Waals surface area contributed by atoms with Gasteiger partial charge in [0.05, 0.1) is 12.4 Å². The number of hydrogen-bond acceptors (Lipinski definition) is 2. The summed E-state index contributed by atoms with van der Waals surface area (Å²) >= 11 is 5.87. The van der Waals surface area contributed by atoms with Gasteiger partial charge in [-0.15, -0.1) is 0 Å². The summed E-state index contributed by atoms with van der Waals surface area (Å²) in [6, 6.07) is 16.0. The highest BCUT2D eigenvalue weighted by Crippen LogP contribution is 2.27. The second kappa shape index (κ2) is 5.08. The molecule has 96 valence electrons. The van der Waals surface area contributed by atoms with E-state index in [0.717, 1.165) is 5.56 Å². The molecule has 0 radical (unpaired) electrons. The average Bonchev–Trinajstić information content (AvgIpc) is 2.85. The molecule has 0 saturated carbocycles. The van der Waals surface area contributed by atoms with Crippen molar-refractivity contribution in [2.75, 3.05) is 0 Å². The van der Waals surface area contributed by atoms with Crippen molar-refractivity contribution < 1.29 is 9.52 Å². The van der Waals surface area contributed by atoms with Gasteiger partial charge in [-0.05, 0) is 34.0 Å². The summed E-state index contributed by atoms with van der Waals surface area (Å²) in [6.45, 7) is 0. The van der Waals surface area contributed by atoms with Crippen LogP contribution in [0.25, 0.3) is 10.8 Å². The molecule has 1 N–H and O–H groups in total. The Hall–Kier alpha value is -1.77. The van der Waals surface area contributed by atoms with E-state index in [1.165, 1.54) is 17.0 Å². The molecule has 1 aromatic heterocycles. The highest BCUT2D eigenvalue weighted by atomic mass is 35.5. The molecule has 0 aliphatic heterocycles. The molecule has 1 atom stereocenters. The molecular weight excluding hydrogens is 260 g/mol. The number of furan rings is 1. The fourth-order valence-electron chi connectivity index (χ4n) is 2.24. The number of aliphatic hydroxyl groups excluding tert-OH is 1. The first kappa shape index (κ1) is 12.3. The minimum atomic E-state index is -0.646. The number of aliphatic hydroxyl groups is 1. The van der Waals surface area contributed by atoms with Crippen LogP contribution in [0.4, 0.5) is 0 Å². The molecule has 2 aromatic carbocycles. The molecular formula is C16H13ClO2. The molecule has 3 aromatic rings. The number of benzene rings is 2. The van der Waals surface area contributed by atoms with Gasteiger partial charge in [0, 0.05) is 12.0 Å². The van der Waals surface area contributed by atoms with Crippen molar-refractivity contribution in [3.8, 4) is 0 Å². The first-order valence-electron chi connectivity index (χ1n) is 6.12. The lowest BCUT2D eigenvalue weighted by molar-refractivity contribution is 0.178. The summed E-state index contributed by atoms with van der Waals surface area (Å²) < 4.78 is 5.00. The predicted molar refractivity (Wildman–Crippen MR) is 76.3 cm³/mol. The van der Waals surface area contributed by atoms with E-state index in [4.69, 9.17) is 16.0 Å². The number of halogens is 1. The minimum Gasteiger partial charge on any atom is -0.453 e. The Kier molecular flexibility index (Phi) is 3.28. The highest BCUT2D eigenvalue weighted by molar-refractivity contribution is 6.29. The third-order valence-electron chi connectivity index (χ3n) is 3.25. The van der Waals surface area contributed by atoms with Crippen molar-refractivity contribution in [1.82, 2.24) is 0 Å². The van der Waals surface area contributed by atoms with Crippen LogP contribution in [0.2, 0.25) is 5.22 Å². The zero-order valence-corrected chi connectivity index (χ0v) is 11.0.